The van der Waals surface area contributed by atoms with Gasteiger partial charge in [-0.2, -0.15) is 0 Å². The summed E-state index contributed by atoms with van der Waals surface area (Å²) < 4.78 is 22.3. The highest BCUT2D eigenvalue weighted by Gasteiger charge is 2.27. The van der Waals surface area contributed by atoms with E-state index in [2.05, 4.69) is 0 Å². The first-order chi connectivity index (χ1) is 16.1. The van der Waals surface area contributed by atoms with Crippen molar-refractivity contribution >= 4 is 34.0 Å². The normalized spacial score (nSPS) is 15.3. The van der Waals surface area contributed by atoms with Crippen molar-refractivity contribution in [1.29, 1.82) is 0 Å². The van der Waals surface area contributed by atoms with Crippen molar-refractivity contribution in [2.75, 3.05) is 38.9 Å². The molecule has 4 rings (SSSR count). The number of halogens is 1. The van der Waals surface area contributed by atoms with Crippen LogP contribution < -0.4 is 19.1 Å². The molecule has 2 heterocycles. The Morgan fingerprint density at radius 3 is 2.67 bits per heavy atom. The van der Waals surface area contributed by atoms with Gasteiger partial charge in [-0.15, -0.1) is 11.3 Å². The molecule has 1 aliphatic heterocycles. The molecule has 2 aromatic carbocycles. The van der Waals surface area contributed by atoms with Gasteiger partial charge in [0.25, 0.3) is 5.91 Å². The predicted octanol–water partition coefficient (Wildman–Crippen LogP) is 5.07. The fourth-order valence-corrected chi connectivity index (χ4v) is 4.54. The van der Waals surface area contributed by atoms with Crippen molar-refractivity contribution in [3.63, 3.8) is 0 Å². The summed E-state index contributed by atoms with van der Waals surface area (Å²) in [5, 5.41) is 3.09. The van der Waals surface area contributed by atoms with Crippen molar-refractivity contribution < 1.29 is 23.7 Å². The zero-order valence-electron chi connectivity index (χ0n) is 18.5. The SMILES string of the molecule is COc1ccc(OC)c(-c2csc(N(CC3CCCO3)C(=O)COc3ccc(Cl)cc3)n2)c1. The second kappa shape index (κ2) is 10.9. The van der Waals surface area contributed by atoms with Crippen molar-refractivity contribution in [3.8, 4) is 28.5 Å². The highest BCUT2D eigenvalue weighted by Crippen LogP contribution is 2.36. The molecule has 174 valence electrons. The van der Waals surface area contributed by atoms with Gasteiger partial charge in [0.1, 0.15) is 17.2 Å². The average Bonchev–Trinajstić information content (AvgIpc) is 3.54. The Bertz CT molecular complexity index is 1080. The minimum absolute atomic E-state index is 0.0248. The van der Waals surface area contributed by atoms with E-state index in [0.717, 1.165) is 18.4 Å². The lowest BCUT2D eigenvalue weighted by atomic mass is 10.1. The highest BCUT2D eigenvalue weighted by molar-refractivity contribution is 7.14. The average molecular weight is 489 g/mol. The Morgan fingerprint density at radius 1 is 1.18 bits per heavy atom. The van der Waals surface area contributed by atoms with E-state index in [0.29, 0.717) is 46.2 Å². The van der Waals surface area contributed by atoms with E-state index in [-0.39, 0.29) is 18.6 Å². The van der Waals surface area contributed by atoms with Gasteiger partial charge in [-0.25, -0.2) is 4.98 Å². The topological polar surface area (TPSA) is 70.1 Å². The second-order valence-electron chi connectivity index (χ2n) is 7.46. The van der Waals surface area contributed by atoms with Crippen LogP contribution in [0.5, 0.6) is 17.2 Å². The van der Waals surface area contributed by atoms with E-state index in [4.69, 9.17) is 35.5 Å². The summed E-state index contributed by atoms with van der Waals surface area (Å²) in [6, 6.07) is 12.4. The molecule has 3 aromatic rings. The molecule has 0 radical (unpaired) electrons. The second-order valence-corrected chi connectivity index (χ2v) is 8.74. The Balaban J connectivity index is 1.56. The first kappa shape index (κ1) is 23.4. The molecular weight excluding hydrogens is 464 g/mol. The summed E-state index contributed by atoms with van der Waals surface area (Å²) in [7, 11) is 3.22. The van der Waals surface area contributed by atoms with Crippen LogP contribution in [0.4, 0.5) is 5.13 Å². The minimum Gasteiger partial charge on any atom is -0.497 e. The molecular formula is C24H25ClN2O5S. The third kappa shape index (κ3) is 5.76. The van der Waals surface area contributed by atoms with Crippen molar-refractivity contribution in [3.05, 3.63) is 52.9 Å². The van der Waals surface area contributed by atoms with Gasteiger partial charge in [-0.05, 0) is 55.3 Å². The maximum atomic E-state index is 13.2. The molecule has 1 aromatic heterocycles. The molecule has 1 amide bonds. The monoisotopic (exact) mass is 488 g/mol. The van der Waals surface area contributed by atoms with Crippen LogP contribution in [0.25, 0.3) is 11.3 Å². The van der Waals surface area contributed by atoms with Gasteiger partial charge >= 0.3 is 0 Å². The summed E-state index contributed by atoms with van der Waals surface area (Å²) in [5.41, 5.74) is 1.50. The zero-order chi connectivity index (χ0) is 23.2. The molecule has 1 unspecified atom stereocenters. The van der Waals surface area contributed by atoms with Gasteiger partial charge in [0.15, 0.2) is 11.7 Å². The molecule has 0 aliphatic carbocycles. The van der Waals surface area contributed by atoms with E-state index < -0.39 is 0 Å². The van der Waals surface area contributed by atoms with E-state index >= 15 is 0 Å². The summed E-state index contributed by atoms with van der Waals surface area (Å²) in [6.45, 7) is 1.01. The highest BCUT2D eigenvalue weighted by atomic mass is 35.5. The van der Waals surface area contributed by atoms with Gasteiger partial charge in [-0.3, -0.25) is 9.69 Å². The van der Waals surface area contributed by atoms with Crippen molar-refractivity contribution in [2.45, 2.75) is 18.9 Å². The summed E-state index contributed by atoms with van der Waals surface area (Å²) >= 11 is 7.31. The van der Waals surface area contributed by atoms with Crippen LogP contribution in [0.3, 0.4) is 0 Å². The zero-order valence-corrected chi connectivity index (χ0v) is 20.0. The number of carbonyl (C=O) groups is 1. The number of amides is 1. The Labute approximate surface area is 201 Å². The van der Waals surface area contributed by atoms with Gasteiger partial charge in [0, 0.05) is 22.6 Å². The van der Waals surface area contributed by atoms with Crippen LogP contribution in [0.2, 0.25) is 5.02 Å². The molecule has 0 N–H and O–H groups in total. The number of rotatable bonds is 9. The molecule has 7 nitrogen and oxygen atoms in total. The van der Waals surface area contributed by atoms with E-state index in [1.807, 2.05) is 23.6 Å². The Kier molecular flexibility index (Phi) is 7.69. The maximum absolute atomic E-state index is 13.2. The molecule has 9 heteroatoms. The predicted molar refractivity (Wildman–Crippen MR) is 129 cm³/mol. The fourth-order valence-electron chi connectivity index (χ4n) is 3.56. The molecule has 1 fully saturated rings. The van der Waals surface area contributed by atoms with Crippen LogP contribution in [0.1, 0.15) is 12.8 Å². The molecule has 0 saturated carbocycles. The van der Waals surface area contributed by atoms with E-state index in [1.54, 1.807) is 43.4 Å². The van der Waals surface area contributed by atoms with Crippen LogP contribution in [0.15, 0.2) is 47.8 Å². The number of aromatic nitrogens is 1. The van der Waals surface area contributed by atoms with Crippen LogP contribution in [-0.2, 0) is 9.53 Å². The van der Waals surface area contributed by atoms with Crippen molar-refractivity contribution in [1.82, 2.24) is 4.98 Å². The number of ether oxygens (including phenoxy) is 4. The third-order valence-corrected chi connectivity index (χ3v) is 6.41. The largest absolute Gasteiger partial charge is 0.497 e. The summed E-state index contributed by atoms with van der Waals surface area (Å²) in [6.07, 6.45) is 1.87. The quantitative estimate of drug-likeness (QED) is 0.418. The molecule has 0 spiro atoms. The Hall–Kier alpha value is -2.81. The number of carbonyl (C=O) groups excluding carboxylic acids is 1. The number of benzene rings is 2. The number of hydrogen-bond donors (Lipinski definition) is 0. The summed E-state index contributed by atoms with van der Waals surface area (Å²) in [5.74, 6) is 1.75. The molecule has 1 atom stereocenters. The standard InChI is InChI=1S/C24H25ClN2O5S/c1-29-18-9-10-22(30-2)20(12-18)21-15-33-24(26-21)27(13-19-4-3-11-31-19)23(28)14-32-17-7-5-16(25)6-8-17/h5-10,12,15,19H,3-4,11,13-14H2,1-2H3. The smallest absolute Gasteiger partial charge is 0.266 e. The van der Waals surface area contributed by atoms with Gasteiger partial charge in [-0.1, -0.05) is 11.6 Å². The molecule has 33 heavy (non-hydrogen) atoms. The minimum atomic E-state index is -0.195. The van der Waals surface area contributed by atoms with Crippen LogP contribution in [-0.4, -0.2) is 51.0 Å². The van der Waals surface area contributed by atoms with E-state index in [1.165, 1.54) is 11.3 Å². The molecule has 0 bridgehead atoms. The molecule has 1 saturated heterocycles. The lowest BCUT2D eigenvalue weighted by molar-refractivity contribution is -0.120. The van der Waals surface area contributed by atoms with Gasteiger partial charge in [0.05, 0.1) is 32.6 Å². The third-order valence-electron chi connectivity index (χ3n) is 5.29. The van der Waals surface area contributed by atoms with Crippen LogP contribution >= 0.6 is 22.9 Å². The number of methoxy groups -OCH3 is 2. The number of nitrogens with zero attached hydrogens (tertiary/aromatic N) is 2. The van der Waals surface area contributed by atoms with Crippen LogP contribution in [0, 0.1) is 0 Å². The molecule has 1 aliphatic rings. The maximum Gasteiger partial charge on any atom is 0.266 e. The fraction of sp³-hybridized carbons (Fsp3) is 0.333. The van der Waals surface area contributed by atoms with Crippen molar-refractivity contribution in [2.24, 2.45) is 0 Å². The summed E-state index contributed by atoms with van der Waals surface area (Å²) in [4.78, 5) is 19.6. The Morgan fingerprint density at radius 2 is 1.97 bits per heavy atom. The number of anilines is 1. The van der Waals surface area contributed by atoms with Gasteiger partial charge < -0.3 is 18.9 Å². The number of thiazole rings is 1. The number of hydrogen-bond acceptors (Lipinski definition) is 7. The lowest BCUT2D eigenvalue weighted by Gasteiger charge is -2.23. The lowest BCUT2D eigenvalue weighted by Crippen LogP contribution is -2.40. The first-order valence-electron chi connectivity index (χ1n) is 10.6. The first-order valence-corrected chi connectivity index (χ1v) is 11.8. The van der Waals surface area contributed by atoms with E-state index in [9.17, 15) is 4.79 Å². The van der Waals surface area contributed by atoms with Gasteiger partial charge in [0.2, 0.25) is 0 Å².